The molecule has 5 aromatic rings. The summed E-state index contributed by atoms with van der Waals surface area (Å²) in [5.41, 5.74) is 5.07. The van der Waals surface area contributed by atoms with Crippen molar-refractivity contribution < 1.29 is 0 Å². The molecule has 0 atom stereocenters. The van der Waals surface area contributed by atoms with E-state index in [2.05, 4.69) is 65.6 Å². The maximum Gasteiger partial charge on any atom is 0.0620 e. The van der Waals surface area contributed by atoms with Crippen LogP contribution in [0.2, 0.25) is 0 Å². The third-order valence-electron chi connectivity index (χ3n) is 4.74. The second-order valence-corrected chi connectivity index (χ2v) is 5.90. The molecule has 5 rings (SSSR count). The van der Waals surface area contributed by atoms with Crippen molar-refractivity contribution >= 4 is 43.8 Å². The van der Waals surface area contributed by atoms with Gasteiger partial charge in [-0.2, -0.15) is 0 Å². The lowest BCUT2D eigenvalue weighted by Crippen LogP contribution is -1.92. The number of benzene rings is 3. The van der Waals surface area contributed by atoms with E-state index in [1.165, 1.54) is 38.1 Å². The number of allylic oxidation sites excluding steroid dienone is 1. The minimum absolute atomic E-state index is 0.460. The van der Waals surface area contributed by atoms with E-state index in [1.54, 1.807) is 6.08 Å². The zero-order chi connectivity index (χ0) is 15.6. The molecule has 0 amide bonds. The van der Waals surface area contributed by atoms with Gasteiger partial charge in [-0.15, -0.1) is 0 Å². The largest absolute Gasteiger partial charge is 0.308 e. The van der Waals surface area contributed by atoms with Crippen LogP contribution in [-0.2, 0) is 0 Å². The van der Waals surface area contributed by atoms with Crippen molar-refractivity contribution in [2.75, 3.05) is 0 Å². The summed E-state index contributed by atoms with van der Waals surface area (Å²) in [6.07, 6.45) is 1.59. The predicted octanol–water partition coefficient (Wildman–Crippen LogP) is 5.39. The SMILES string of the molecule is C=CC(=N)c1ccc2c(c1)c1cccc3c4ccccc4n2c31. The molecule has 0 aliphatic rings. The third-order valence-corrected chi connectivity index (χ3v) is 4.74. The van der Waals surface area contributed by atoms with Crippen LogP contribution < -0.4 is 0 Å². The van der Waals surface area contributed by atoms with Crippen molar-refractivity contribution in [3.8, 4) is 0 Å². The first-order valence-corrected chi connectivity index (χ1v) is 7.68. The molecule has 23 heavy (non-hydrogen) atoms. The first-order chi connectivity index (χ1) is 11.3. The van der Waals surface area contributed by atoms with Crippen LogP contribution in [0.4, 0.5) is 0 Å². The highest BCUT2D eigenvalue weighted by Crippen LogP contribution is 2.38. The summed E-state index contributed by atoms with van der Waals surface area (Å²) in [6.45, 7) is 3.71. The van der Waals surface area contributed by atoms with Gasteiger partial charge in [-0.3, -0.25) is 0 Å². The van der Waals surface area contributed by atoms with Gasteiger partial charge in [-0.05, 0) is 24.3 Å². The van der Waals surface area contributed by atoms with Gasteiger partial charge < -0.3 is 9.81 Å². The molecule has 0 spiro atoms. The number of fused-ring (bicyclic) bond motifs is 6. The minimum atomic E-state index is 0.460. The second-order valence-electron chi connectivity index (χ2n) is 5.90. The van der Waals surface area contributed by atoms with E-state index in [4.69, 9.17) is 5.41 Å². The maximum absolute atomic E-state index is 8.02. The number of nitrogens with zero attached hydrogens (tertiary/aromatic N) is 1. The smallest absolute Gasteiger partial charge is 0.0620 e. The van der Waals surface area contributed by atoms with Gasteiger partial charge in [0.05, 0.1) is 22.3 Å². The second kappa shape index (κ2) is 4.20. The lowest BCUT2D eigenvalue weighted by molar-refractivity contribution is 1.37. The zero-order valence-electron chi connectivity index (χ0n) is 12.5. The van der Waals surface area contributed by atoms with E-state index in [9.17, 15) is 0 Å². The number of hydrogen-bond acceptors (Lipinski definition) is 1. The van der Waals surface area contributed by atoms with Gasteiger partial charge in [-0.25, -0.2) is 0 Å². The number of para-hydroxylation sites is 2. The van der Waals surface area contributed by atoms with Crippen molar-refractivity contribution in [3.63, 3.8) is 0 Å². The normalized spacial score (nSPS) is 11.8. The van der Waals surface area contributed by atoms with Crippen molar-refractivity contribution in [3.05, 3.63) is 78.9 Å². The summed E-state index contributed by atoms with van der Waals surface area (Å²) in [6, 6.07) is 21.3. The number of aromatic nitrogens is 1. The Morgan fingerprint density at radius 2 is 1.52 bits per heavy atom. The predicted molar refractivity (Wildman–Crippen MR) is 98.1 cm³/mol. The highest BCUT2D eigenvalue weighted by Gasteiger charge is 2.16. The van der Waals surface area contributed by atoms with Crippen LogP contribution >= 0.6 is 0 Å². The summed E-state index contributed by atoms with van der Waals surface area (Å²) in [4.78, 5) is 0. The van der Waals surface area contributed by atoms with Crippen LogP contribution in [-0.4, -0.2) is 10.1 Å². The molecular weight excluding hydrogens is 280 g/mol. The Kier molecular flexibility index (Phi) is 2.27. The van der Waals surface area contributed by atoms with E-state index in [0.717, 1.165) is 5.56 Å². The Morgan fingerprint density at radius 3 is 2.35 bits per heavy atom. The molecule has 0 saturated carbocycles. The topological polar surface area (TPSA) is 28.3 Å². The fraction of sp³-hybridized carbons (Fsp3) is 0. The number of nitrogens with one attached hydrogen (secondary N) is 1. The molecule has 0 fully saturated rings. The van der Waals surface area contributed by atoms with Crippen molar-refractivity contribution in [2.24, 2.45) is 0 Å². The van der Waals surface area contributed by atoms with Gasteiger partial charge in [-0.1, -0.05) is 49.0 Å². The van der Waals surface area contributed by atoms with Gasteiger partial charge in [0.1, 0.15) is 0 Å². The van der Waals surface area contributed by atoms with E-state index in [1.807, 2.05) is 6.07 Å². The lowest BCUT2D eigenvalue weighted by atomic mass is 10.0. The molecule has 2 nitrogen and oxygen atoms in total. The molecule has 1 N–H and O–H groups in total. The van der Waals surface area contributed by atoms with Crippen LogP contribution in [0.1, 0.15) is 5.56 Å². The quantitative estimate of drug-likeness (QED) is 0.423. The third kappa shape index (κ3) is 1.45. The number of hydrogen-bond donors (Lipinski definition) is 1. The first-order valence-electron chi connectivity index (χ1n) is 7.68. The molecule has 0 unspecified atom stereocenters. The Morgan fingerprint density at radius 1 is 0.826 bits per heavy atom. The highest BCUT2D eigenvalue weighted by atomic mass is 14.9. The minimum Gasteiger partial charge on any atom is -0.308 e. The molecule has 2 heterocycles. The average Bonchev–Trinajstić information content (AvgIpc) is 3.12. The molecule has 0 aliphatic carbocycles. The standard InChI is InChI=1S/C21H14N2/c1-2-18(22)13-10-11-20-17(12-13)16-8-5-7-15-14-6-3-4-9-19(14)23(20)21(15)16/h2-12,22H,1H2. The summed E-state index contributed by atoms with van der Waals surface area (Å²) in [5.74, 6) is 0. The Labute approximate surface area is 133 Å². The van der Waals surface area contributed by atoms with Crippen molar-refractivity contribution in [2.45, 2.75) is 0 Å². The van der Waals surface area contributed by atoms with Gasteiger partial charge in [0.2, 0.25) is 0 Å². The lowest BCUT2D eigenvalue weighted by Gasteiger charge is -2.01. The van der Waals surface area contributed by atoms with Crippen LogP contribution in [0.25, 0.3) is 38.1 Å². The van der Waals surface area contributed by atoms with Gasteiger partial charge in [0.15, 0.2) is 0 Å². The van der Waals surface area contributed by atoms with Gasteiger partial charge >= 0.3 is 0 Å². The van der Waals surface area contributed by atoms with Gasteiger partial charge in [0.25, 0.3) is 0 Å². The molecular formula is C21H14N2. The Balaban J connectivity index is 2.08. The zero-order valence-corrected chi connectivity index (χ0v) is 12.5. The molecule has 0 saturated heterocycles. The summed E-state index contributed by atoms with van der Waals surface area (Å²) in [7, 11) is 0. The monoisotopic (exact) mass is 294 g/mol. The fourth-order valence-corrected chi connectivity index (χ4v) is 3.72. The molecule has 0 bridgehead atoms. The molecule has 0 aliphatic heterocycles. The summed E-state index contributed by atoms with van der Waals surface area (Å²) >= 11 is 0. The molecule has 2 aromatic heterocycles. The van der Waals surface area contributed by atoms with Crippen LogP contribution in [0.3, 0.4) is 0 Å². The van der Waals surface area contributed by atoms with Crippen LogP contribution in [0.5, 0.6) is 0 Å². The first kappa shape index (κ1) is 12.4. The van der Waals surface area contributed by atoms with E-state index < -0.39 is 0 Å². The molecule has 0 radical (unpaired) electrons. The van der Waals surface area contributed by atoms with Gasteiger partial charge in [0, 0.05) is 27.1 Å². The van der Waals surface area contributed by atoms with Crippen LogP contribution in [0, 0.1) is 5.41 Å². The van der Waals surface area contributed by atoms with Crippen LogP contribution in [0.15, 0.2) is 73.3 Å². The summed E-state index contributed by atoms with van der Waals surface area (Å²) < 4.78 is 2.34. The fourth-order valence-electron chi connectivity index (χ4n) is 3.72. The summed E-state index contributed by atoms with van der Waals surface area (Å²) in [5, 5.41) is 13.0. The van der Waals surface area contributed by atoms with E-state index in [0.29, 0.717) is 5.71 Å². The highest BCUT2D eigenvalue weighted by molar-refractivity contribution is 6.24. The molecule has 3 aromatic carbocycles. The maximum atomic E-state index is 8.02. The Hall–Kier alpha value is -3.13. The Bertz CT molecular complexity index is 1240. The van der Waals surface area contributed by atoms with Crippen molar-refractivity contribution in [1.82, 2.24) is 4.40 Å². The van der Waals surface area contributed by atoms with E-state index >= 15 is 0 Å². The van der Waals surface area contributed by atoms with E-state index in [-0.39, 0.29) is 0 Å². The molecule has 108 valence electrons. The van der Waals surface area contributed by atoms with Crippen molar-refractivity contribution in [1.29, 1.82) is 5.41 Å². The molecule has 2 heteroatoms. The number of rotatable bonds is 2. The average molecular weight is 294 g/mol.